The Kier molecular flexibility index (Phi) is 4.67. The van der Waals surface area contributed by atoms with Crippen molar-refractivity contribution in [1.82, 2.24) is 14.1 Å². The van der Waals surface area contributed by atoms with Crippen LogP contribution in [0.5, 0.6) is 0 Å². The molecule has 1 aliphatic heterocycles. The largest absolute Gasteiger partial charge is 0.455 e. The molecule has 0 bridgehead atoms. The predicted molar refractivity (Wildman–Crippen MR) is 140 cm³/mol. The highest BCUT2D eigenvalue weighted by Gasteiger charge is 2.26. The topological polar surface area (TPSA) is 111 Å². The van der Waals surface area contributed by atoms with Crippen molar-refractivity contribution in [1.29, 1.82) is 5.26 Å². The van der Waals surface area contributed by atoms with E-state index >= 15 is 0 Å². The molecule has 2 aliphatic rings. The number of aryl methyl sites for hydroxylation is 1. The highest BCUT2D eigenvalue weighted by Crippen LogP contribution is 2.34. The summed E-state index contributed by atoms with van der Waals surface area (Å²) in [4.78, 5) is 22.3. The molecule has 2 aromatic heterocycles. The van der Waals surface area contributed by atoms with Crippen LogP contribution in [0.3, 0.4) is 0 Å². The number of ether oxygens (including phenoxy) is 1. The fourth-order valence-electron chi connectivity index (χ4n) is 4.89. The first kappa shape index (κ1) is 21.9. The number of pyridine rings is 1. The third-order valence-corrected chi connectivity index (χ3v) is 7.03. The third kappa shape index (κ3) is 3.24. The maximum Gasteiger partial charge on any atom is 0.333 e. The van der Waals surface area contributed by atoms with Crippen LogP contribution in [0.2, 0.25) is 0 Å². The van der Waals surface area contributed by atoms with E-state index in [0.29, 0.717) is 6.42 Å². The second kappa shape index (κ2) is 7.68. The van der Waals surface area contributed by atoms with E-state index in [0.717, 1.165) is 50.0 Å². The van der Waals surface area contributed by atoms with E-state index in [4.69, 9.17) is 10.5 Å². The van der Waals surface area contributed by atoms with Gasteiger partial charge in [0.1, 0.15) is 6.10 Å². The van der Waals surface area contributed by atoms with Crippen LogP contribution >= 0.6 is 0 Å². The summed E-state index contributed by atoms with van der Waals surface area (Å²) in [6.07, 6.45) is 6.41. The molecule has 36 heavy (non-hydrogen) atoms. The number of imidazole rings is 1. The van der Waals surface area contributed by atoms with Crippen molar-refractivity contribution in [3.05, 3.63) is 88.1 Å². The molecule has 1 unspecified atom stereocenters. The Morgan fingerprint density at radius 3 is 2.72 bits per heavy atom. The quantitative estimate of drug-likeness (QED) is 0.479. The molecule has 0 saturated carbocycles. The zero-order chi connectivity index (χ0) is 25.2. The molecule has 2 N–H and O–H groups in total. The molecule has 1 aliphatic carbocycles. The van der Waals surface area contributed by atoms with Crippen molar-refractivity contribution < 1.29 is 4.74 Å². The maximum absolute atomic E-state index is 13.4. The summed E-state index contributed by atoms with van der Waals surface area (Å²) < 4.78 is 8.87. The van der Waals surface area contributed by atoms with E-state index < -0.39 is 5.41 Å². The number of hydrogen-bond acceptors (Lipinski definition) is 6. The summed E-state index contributed by atoms with van der Waals surface area (Å²) in [5.74, 6) is 0. The number of aliphatic imine (C=N–C) groups is 1. The molecule has 6 rings (SSSR count). The molecule has 0 saturated heterocycles. The van der Waals surface area contributed by atoms with Crippen LogP contribution in [-0.4, -0.2) is 26.2 Å². The van der Waals surface area contributed by atoms with Gasteiger partial charge in [0.05, 0.1) is 45.6 Å². The van der Waals surface area contributed by atoms with E-state index in [2.05, 4.69) is 28.2 Å². The Hall–Kier alpha value is -4.64. The van der Waals surface area contributed by atoms with E-state index in [1.165, 1.54) is 0 Å². The van der Waals surface area contributed by atoms with Crippen LogP contribution in [-0.2, 0) is 17.2 Å². The number of aromatic nitrogens is 3. The number of allylic oxidation sites excluding steroid dienone is 2. The third-order valence-electron chi connectivity index (χ3n) is 7.03. The zero-order valence-corrected chi connectivity index (χ0v) is 20.2. The van der Waals surface area contributed by atoms with Gasteiger partial charge in [-0.3, -0.25) is 14.1 Å². The minimum Gasteiger partial charge on any atom is -0.455 e. The van der Waals surface area contributed by atoms with E-state index in [1.807, 2.05) is 56.3 Å². The summed E-state index contributed by atoms with van der Waals surface area (Å²) in [6.45, 7) is 3.75. The number of hydrogen-bond donors (Lipinski definition) is 1. The van der Waals surface area contributed by atoms with Crippen LogP contribution in [0, 0.1) is 11.3 Å². The molecule has 178 valence electrons. The number of rotatable bonds is 3. The maximum atomic E-state index is 13.4. The van der Waals surface area contributed by atoms with Crippen molar-refractivity contribution in [3.63, 3.8) is 0 Å². The van der Waals surface area contributed by atoms with Gasteiger partial charge < -0.3 is 10.5 Å². The molecule has 3 heterocycles. The van der Waals surface area contributed by atoms with Gasteiger partial charge in [-0.05, 0) is 60.9 Å². The fourth-order valence-corrected chi connectivity index (χ4v) is 4.89. The van der Waals surface area contributed by atoms with Gasteiger partial charge in [-0.15, -0.1) is 0 Å². The predicted octanol–water partition coefficient (Wildman–Crippen LogP) is 4.06. The lowest BCUT2D eigenvalue weighted by Gasteiger charge is -2.16. The lowest BCUT2D eigenvalue weighted by Crippen LogP contribution is -2.21. The number of nitriles is 1. The minimum absolute atomic E-state index is 0.129. The lowest BCUT2D eigenvalue weighted by molar-refractivity contribution is 0.243. The number of nitrogens with zero attached hydrogens (tertiary/aromatic N) is 5. The molecule has 4 aromatic rings. The Morgan fingerprint density at radius 2 is 1.97 bits per heavy atom. The van der Waals surface area contributed by atoms with Gasteiger partial charge in [-0.1, -0.05) is 24.3 Å². The summed E-state index contributed by atoms with van der Waals surface area (Å²) >= 11 is 0. The Labute approximate surface area is 207 Å². The van der Waals surface area contributed by atoms with Gasteiger partial charge in [0.2, 0.25) is 0 Å². The van der Waals surface area contributed by atoms with Crippen LogP contribution < -0.4 is 11.4 Å². The number of benzene rings is 2. The Balaban J connectivity index is 1.54. The molecule has 1 atom stereocenters. The molecular formula is C28H24N6O2. The number of nitrogens with two attached hydrogens (primary N) is 1. The van der Waals surface area contributed by atoms with Crippen LogP contribution in [0.15, 0.2) is 76.3 Å². The van der Waals surface area contributed by atoms with Gasteiger partial charge in [-0.25, -0.2) is 4.79 Å². The van der Waals surface area contributed by atoms with Gasteiger partial charge in [0.15, 0.2) is 0 Å². The molecular weight excluding hydrogens is 452 g/mol. The minimum atomic E-state index is -0.617. The van der Waals surface area contributed by atoms with Crippen LogP contribution in [0.1, 0.15) is 31.4 Å². The second-order valence-electron chi connectivity index (χ2n) is 9.71. The van der Waals surface area contributed by atoms with Gasteiger partial charge in [0.25, 0.3) is 6.02 Å². The van der Waals surface area contributed by atoms with Crippen molar-refractivity contribution >= 4 is 33.5 Å². The van der Waals surface area contributed by atoms with Gasteiger partial charge in [-0.2, -0.15) is 10.3 Å². The molecule has 0 radical (unpaired) electrons. The smallest absolute Gasteiger partial charge is 0.333 e. The van der Waals surface area contributed by atoms with E-state index in [9.17, 15) is 10.1 Å². The Morgan fingerprint density at radius 1 is 1.19 bits per heavy atom. The number of amidine groups is 1. The van der Waals surface area contributed by atoms with Gasteiger partial charge in [0, 0.05) is 18.9 Å². The molecule has 0 spiro atoms. The van der Waals surface area contributed by atoms with Crippen LogP contribution in [0.25, 0.3) is 33.2 Å². The summed E-state index contributed by atoms with van der Waals surface area (Å²) in [5, 5.41) is 10.4. The average Bonchev–Trinajstić information content (AvgIpc) is 3.39. The first-order valence-electron chi connectivity index (χ1n) is 11.7. The van der Waals surface area contributed by atoms with Crippen LogP contribution in [0.4, 0.5) is 0 Å². The second-order valence-corrected chi connectivity index (χ2v) is 9.71. The summed E-state index contributed by atoms with van der Waals surface area (Å²) in [5.41, 5.74) is 11.8. The fraction of sp³-hybridized carbons (Fsp3) is 0.214. The van der Waals surface area contributed by atoms with Crippen molar-refractivity contribution in [2.75, 3.05) is 0 Å². The molecule has 0 amide bonds. The molecule has 0 fully saturated rings. The normalized spacial score (nSPS) is 17.3. The first-order chi connectivity index (χ1) is 17.3. The van der Waals surface area contributed by atoms with Gasteiger partial charge >= 0.3 is 5.69 Å². The van der Waals surface area contributed by atoms with Crippen molar-refractivity contribution in [2.24, 2.45) is 17.8 Å². The van der Waals surface area contributed by atoms with Crippen molar-refractivity contribution in [3.8, 4) is 11.8 Å². The SMILES string of the molecule is Cn1c(=O)n(-c2ccc(C(C)(C)C#N)cc2)c2c3cc(C4=CCC5OC(N)=NC5=C4)ccc3ncc21. The highest BCUT2D eigenvalue weighted by molar-refractivity contribution is 6.04. The lowest BCUT2D eigenvalue weighted by atomic mass is 9.86. The molecule has 8 nitrogen and oxygen atoms in total. The Bertz CT molecular complexity index is 1760. The monoisotopic (exact) mass is 476 g/mol. The molecule has 8 heteroatoms. The standard InChI is InChI=1S/C28H24N6O2/c1-28(2,15-29)18-6-8-19(9-7-18)34-25-20-12-16(17-5-11-24-22(13-17)32-26(30)36-24)4-10-21(20)31-14-23(25)33(3)27(34)35/h4-10,12-14,24H,11H2,1-3H3,(H2,30,32). The summed E-state index contributed by atoms with van der Waals surface area (Å²) in [7, 11) is 1.75. The van der Waals surface area contributed by atoms with E-state index in [-0.39, 0.29) is 17.8 Å². The number of fused-ring (bicyclic) bond motifs is 4. The average molecular weight is 477 g/mol. The van der Waals surface area contributed by atoms with Crippen molar-refractivity contribution in [2.45, 2.75) is 31.8 Å². The van der Waals surface area contributed by atoms with E-state index in [1.54, 1.807) is 22.4 Å². The highest BCUT2D eigenvalue weighted by atomic mass is 16.5. The zero-order valence-electron chi connectivity index (χ0n) is 20.2. The molecule has 2 aromatic carbocycles. The first-order valence-corrected chi connectivity index (χ1v) is 11.7. The summed E-state index contributed by atoms with van der Waals surface area (Å²) in [6, 6.07) is 16.2.